The van der Waals surface area contributed by atoms with Crippen LogP contribution in [0, 0.1) is 17.1 Å². The minimum Gasteiger partial charge on any atom is -0.322 e. The van der Waals surface area contributed by atoms with Gasteiger partial charge in [-0.25, -0.2) is 4.39 Å². The van der Waals surface area contributed by atoms with E-state index in [4.69, 9.17) is 28.5 Å². The molecule has 0 aliphatic carbocycles. The molecular weight excluding hydrogens is 302 g/mol. The molecule has 0 saturated carbocycles. The Kier molecular flexibility index (Phi) is 4.23. The van der Waals surface area contributed by atoms with Gasteiger partial charge < -0.3 is 5.32 Å². The van der Waals surface area contributed by atoms with Crippen LogP contribution < -0.4 is 5.32 Å². The molecule has 0 saturated heterocycles. The molecule has 0 unspecified atom stereocenters. The zero-order valence-electron chi connectivity index (χ0n) is 9.95. The molecule has 2 rings (SSSR count). The van der Waals surface area contributed by atoms with Crippen LogP contribution in [-0.4, -0.2) is 5.91 Å². The second-order valence-corrected chi connectivity index (χ2v) is 4.72. The molecule has 0 spiro atoms. The number of rotatable bonds is 2. The summed E-state index contributed by atoms with van der Waals surface area (Å²) in [4.78, 5) is 12.0. The second kappa shape index (κ2) is 5.91. The molecule has 1 N–H and O–H groups in total. The van der Waals surface area contributed by atoms with Crippen molar-refractivity contribution >= 4 is 34.8 Å². The summed E-state index contributed by atoms with van der Waals surface area (Å²) in [5.74, 6) is -1.18. The quantitative estimate of drug-likeness (QED) is 0.843. The number of halogens is 3. The fraction of sp³-hybridized carbons (Fsp3) is 0. The number of nitrogens with zero attached hydrogens (tertiary/aromatic N) is 1. The molecule has 2 aromatic carbocycles. The molecule has 0 aliphatic heterocycles. The van der Waals surface area contributed by atoms with Gasteiger partial charge in [0.15, 0.2) is 5.82 Å². The Labute approximate surface area is 124 Å². The van der Waals surface area contributed by atoms with Crippen molar-refractivity contribution in [1.29, 1.82) is 5.26 Å². The molecule has 1 amide bonds. The topological polar surface area (TPSA) is 52.9 Å². The van der Waals surface area contributed by atoms with Crippen LogP contribution in [0.1, 0.15) is 15.9 Å². The van der Waals surface area contributed by atoms with E-state index in [0.717, 1.165) is 0 Å². The maximum absolute atomic E-state index is 13.3. The number of benzene rings is 2. The van der Waals surface area contributed by atoms with E-state index in [1.807, 2.05) is 6.07 Å². The molecule has 2 aromatic rings. The summed E-state index contributed by atoms with van der Waals surface area (Å²) < 4.78 is 13.3. The maximum Gasteiger partial charge on any atom is 0.255 e. The van der Waals surface area contributed by atoms with E-state index in [2.05, 4.69) is 5.32 Å². The van der Waals surface area contributed by atoms with Crippen molar-refractivity contribution in [2.75, 3.05) is 5.32 Å². The van der Waals surface area contributed by atoms with Crippen LogP contribution in [0.3, 0.4) is 0 Å². The summed E-state index contributed by atoms with van der Waals surface area (Å²) in [5.41, 5.74) is 0.946. The lowest BCUT2D eigenvalue weighted by Crippen LogP contribution is -2.12. The average Bonchev–Trinajstić information content (AvgIpc) is 2.44. The first-order chi connectivity index (χ1) is 9.51. The highest BCUT2D eigenvalue weighted by atomic mass is 35.5. The number of nitrogens with one attached hydrogen (secondary N) is 1. The van der Waals surface area contributed by atoms with Crippen LogP contribution in [0.25, 0.3) is 0 Å². The van der Waals surface area contributed by atoms with Crippen LogP contribution >= 0.6 is 23.2 Å². The van der Waals surface area contributed by atoms with Gasteiger partial charge >= 0.3 is 0 Å². The molecule has 3 nitrogen and oxygen atoms in total. The summed E-state index contributed by atoms with van der Waals surface area (Å²) in [6.45, 7) is 0. The van der Waals surface area contributed by atoms with Crippen LogP contribution in [0.5, 0.6) is 0 Å². The van der Waals surface area contributed by atoms with Gasteiger partial charge in [0, 0.05) is 11.3 Å². The molecule has 0 bridgehead atoms. The SMILES string of the molecule is N#Cc1cccc(C(=O)Nc2cc(Cl)c(F)c(Cl)c2)c1. The third-order valence-corrected chi connectivity index (χ3v) is 3.05. The fourth-order valence-corrected chi connectivity index (χ4v) is 2.05. The number of carbonyl (C=O) groups is 1. The fourth-order valence-electron chi connectivity index (χ4n) is 1.56. The van der Waals surface area contributed by atoms with Crippen LogP contribution in [0.2, 0.25) is 10.0 Å². The van der Waals surface area contributed by atoms with Crippen molar-refractivity contribution in [2.45, 2.75) is 0 Å². The van der Waals surface area contributed by atoms with Crippen molar-refractivity contribution in [3.05, 3.63) is 63.4 Å². The summed E-state index contributed by atoms with van der Waals surface area (Å²) in [6, 6.07) is 10.6. The Balaban J connectivity index is 2.26. The first-order valence-electron chi connectivity index (χ1n) is 5.47. The zero-order valence-corrected chi connectivity index (χ0v) is 11.5. The lowest BCUT2D eigenvalue weighted by atomic mass is 10.1. The summed E-state index contributed by atoms with van der Waals surface area (Å²) in [5, 5.41) is 10.9. The molecule has 0 aliphatic rings. The monoisotopic (exact) mass is 308 g/mol. The van der Waals surface area contributed by atoms with Gasteiger partial charge in [-0.15, -0.1) is 0 Å². The predicted molar refractivity (Wildman–Crippen MR) is 75.5 cm³/mol. The number of nitriles is 1. The van der Waals surface area contributed by atoms with E-state index in [0.29, 0.717) is 11.1 Å². The van der Waals surface area contributed by atoms with E-state index in [-0.39, 0.29) is 15.7 Å². The normalized spacial score (nSPS) is 9.90. The molecule has 20 heavy (non-hydrogen) atoms. The minimum absolute atomic E-state index is 0.182. The second-order valence-electron chi connectivity index (χ2n) is 3.90. The van der Waals surface area contributed by atoms with E-state index >= 15 is 0 Å². The van der Waals surface area contributed by atoms with Gasteiger partial charge in [-0.2, -0.15) is 5.26 Å². The Morgan fingerprint density at radius 1 is 1.20 bits per heavy atom. The Hall–Kier alpha value is -2.09. The first kappa shape index (κ1) is 14.3. The molecule has 100 valence electrons. The highest BCUT2D eigenvalue weighted by Gasteiger charge is 2.11. The lowest BCUT2D eigenvalue weighted by Gasteiger charge is -2.07. The maximum atomic E-state index is 13.3. The largest absolute Gasteiger partial charge is 0.322 e. The van der Waals surface area contributed by atoms with Crippen LogP contribution in [-0.2, 0) is 0 Å². The van der Waals surface area contributed by atoms with E-state index in [1.165, 1.54) is 18.2 Å². The van der Waals surface area contributed by atoms with Gasteiger partial charge in [0.05, 0.1) is 21.7 Å². The highest BCUT2D eigenvalue weighted by Crippen LogP contribution is 2.27. The molecule has 0 radical (unpaired) electrons. The van der Waals surface area contributed by atoms with Crippen molar-refractivity contribution in [2.24, 2.45) is 0 Å². The Morgan fingerprint density at radius 2 is 1.85 bits per heavy atom. The van der Waals surface area contributed by atoms with Gasteiger partial charge in [-0.1, -0.05) is 29.3 Å². The molecule has 0 atom stereocenters. The standard InChI is InChI=1S/C14H7Cl2FN2O/c15-11-5-10(6-12(16)13(11)17)19-14(20)9-3-1-2-8(4-9)7-18/h1-6H,(H,19,20). The number of carbonyl (C=O) groups excluding carboxylic acids is 1. The molecular formula is C14H7Cl2FN2O. The zero-order chi connectivity index (χ0) is 14.7. The number of hydrogen-bond acceptors (Lipinski definition) is 2. The van der Waals surface area contributed by atoms with Crippen LogP contribution in [0.4, 0.5) is 10.1 Å². The van der Waals surface area contributed by atoms with Crippen molar-refractivity contribution in [3.63, 3.8) is 0 Å². The third-order valence-electron chi connectivity index (χ3n) is 2.50. The van der Waals surface area contributed by atoms with E-state index < -0.39 is 11.7 Å². The van der Waals surface area contributed by atoms with Gasteiger partial charge in [0.2, 0.25) is 0 Å². The van der Waals surface area contributed by atoms with Gasteiger partial charge in [0.1, 0.15) is 0 Å². The molecule has 6 heteroatoms. The van der Waals surface area contributed by atoms with Gasteiger partial charge in [-0.3, -0.25) is 4.79 Å². The lowest BCUT2D eigenvalue weighted by molar-refractivity contribution is 0.102. The van der Waals surface area contributed by atoms with Gasteiger partial charge in [0.25, 0.3) is 5.91 Å². The van der Waals surface area contributed by atoms with Crippen molar-refractivity contribution < 1.29 is 9.18 Å². The Bertz CT molecular complexity index is 702. The van der Waals surface area contributed by atoms with Crippen molar-refractivity contribution in [3.8, 4) is 6.07 Å². The number of hydrogen-bond donors (Lipinski definition) is 1. The smallest absolute Gasteiger partial charge is 0.255 e. The first-order valence-corrected chi connectivity index (χ1v) is 6.23. The minimum atomic E-state index is -0.738. The van der Waals surface area contributed by atoms with E-state index in [1.54, 1.807) is 18.2 Å². The molecule has 0 heterocycles. The predicted octanol–water partition coefficient (Wildman–Crippen LogP) is 4.26. The third kappa shape index (κ3) is 3.08. The highest BCUT2D eigenvalue weighted by molar-refractivity contribution is 6.35. The van der Waals surface area contributed by atoms with E-state index in [9.17, 15) is 9.18 Å². The summed E-state index contributed by atoms with van der Waals surface area (Å²) in [7, 11) is 0. The summed E-state index contributed by atoms with van der Waals surface area (Å²) >= 11 is 11.3. The molecule has 0 aromatic heterocycles. The molecule has 0 fully saturated rings. The van der Waals surface area contributed by atoms with Crippen LogP contribution in [0.15, 0.2) is 36.4 Å². The summed E-state index contributed by atoms with van der Waals surface area (Å²) in [6.07, 6.45) is 0. The average molecular weight is 309 g/mol. The number of amides is 1. The Morgan fingerprint density at radius 3 is 2.45 bits per heavy atom. The number of anilines is 1. The van der Waals surface area contributed by atoms with Gasteiger partial charge in [-0.05, 0) is 30.3 Å². The van der Waals surface area contributed by atoms with Crippen molar-refractivity contribution in [1.82, 2.24) is 0 Å².